The lowest BCUT2D eigenvalue weighted by atomic mass is 9.85. The SMILES string of the molecule is CC(C)(C1CCN(c2cccc3ccc[nH+]c23)CC1)S(=O)(=O)c1cccc(C(F)(F)F)c1. The van der Waals surface area contributed by atoms with Gasteiger partial charge in [-0.2, -0.15) is 13.2 Å². The van der Waals surface area contributed by atoms with E-state index in [0.29, 0.717) is 25.9 Å². The number of nitrogens with one attached hydrogen (secondary N) is 1. The maximum atomic E-state index is 13.4. The largest absolute Gasteiger partial charge is 0.416 e. The second kappa shape index (κ2) is 8.06. The molecule has 0 radical (unpaired) electrons. The minimum atomic E-state index is -4.59. The van der Waals surface area contributed by atoms with Crippen LogP contribution in [0.2, 0.25) is 0 Å². The summed E-state index contributed by atoms with van der Waals surface area (Å²) in [4.78, 5) is 5.26. The number of H-pyrrole nitrogens is 1. The molecule has 0 unspecified atom stereocenters. The molecule has 2 aromatic carbocycles. The number of alkyl halides is 3. The van der Waals surface area contributed by atoms with Gasteiger partial charge in [-0.3, -0.25) is 0 Å². The number of rotatable bonds is 4. The number of hydrogen-bond donors (Lipinski definition) is 0. The Morgan fingerprint density at radius 1 is 0.969 bits per heavy atom. The molecule has 4 rings (SSSR count). The zero-order chi connectivity index (χ0) is 23.1. The molecule has 0 saturated carbocycles. The molecule has 1 saturated heterocycles. The van der Waals surface area contributed by atoms with Crippen molar-refractivity contribution >= 4 is 26.4 Å². The van der Waals surface area contributed by atoms with Crippen LogP contribution in [-0.4, -0.2) is 26.3 Å². The van der Waals surface area contributed by atoms with Crippen molar-refractivity contribution < 1.29 is 26.6 Å². The molecule has 0 atom stereocenters. The summed E-state index contributed by atoms with van der Waals surface area (Å²) in [7, 11) is -3.96. The fourth-order valence-corrected chi connectivity index (χ4v) is 6.40. The quantitative estimate of drug-likeness (QED) is 0.538. The lowest BCUT2D eigenvalue weighted by molar-refractivity contribution is -0.344. The maximum Gasteiger partial charge on any atom is 0.416 e. The smallest absolute Gasteiger partial charge is 0.366 e. The van der Waals surface area contributed by atoms with Crippen LogP contribution >= 0.6 is 0 Å². The number of hydrogen-bond acceptors (Lipinski definition) is 3. The van der Waals surface area contributed by atoms with Crippen molar-refractivity contribution in [1.29, 1.82) is 0 Å². The predicted molar refractivity (Wildman–Crippen MR) is 118 cm³/mol. The Morgan fingerprint density at radius 2 is 1.62 bits per heavy atom. The molecule has 3 aromatic rings. The first-order valence-electron chi connectivity index (χ1n) is 10.6. The van der Waals surface area contributed by atoms with Crippen molar-refractivity contribution in [2.24, 2.45) is 5.92 Å². The molecule has 1 fully saturated rings. The molecule has 32 heavy (non-hydrogen) atoms. The van der Waals surface area contributed by atoms with Crippen LogP contribution in [0, 0.1) is 5.92 Å². The highest BCUT2D eigenvalue weighted by Crippen LogP contribution is 2.40. The first-order valence-corrected chi connectivity index (χ1v) is 12.1. The molecule has 0 bridgehead atoms. The van der Waals surface area contributed by atoms with Crippen molar-refractivity contribution in [1.82, 2.24) is 0 Å². The number of anilines is 1. The minimum Gasteiger partial charge on any atom is -0.366 e. The molecule has 0 aliphatic carbocycles. The molecular formula is C24H26F3N2O2S+. The Morgan fingerprint density at radius 3 is 2.31 bits per heavy atom. The minimum absolute atomic E-state index is 0.169. The Labute approximate surface area is 186 Å². The van der Waals surface area contributed by atoms with Crippen LogP contribution in [0.3, 0.4) is 0 Å². The summed E-state index contributed by atoms with van der Waals surface area (Å²) in [5, 5.41) is 1.10. The highest BCUT2D eigenvalue weighted by Gasteiger charge is 2.44. The topological polar surface area (TPSA) is 51.5 Å². The first-order chi connectivity index (χ1) is 15.0. The number of pyridine rings is 1. The normalized spacial score (nSPS) is 16.5. The summed E-state index contributed by atoms with van der Waals surface area (Å²) >= 11 is 0. The number of halogens is 3. The molecule has 1 aromatic heterocycles. The lowest BCUT2D eigenvalue weighted by Crippen LogP contribution is -2.46. The third kappa shape index (κ3) is 3.96. The van der Waals surface area contributed by atoms with Crippen molar-refractivity contribution in [2.75, 3.05) is 18.0 Å². The third-order valence-electron chi connectivity index (χ3n) is 6.66. The average Bonchev–Trinajstić information content (AvgIpc) is 2.78. The van der Waals surface area contributed by atoms with Gasteiger partial charge in [-0.05, 0) is 69.0 Å². The lowest BCUT2D eigenvalue weighted by Gasteiger charge is -2.40. The zero-order valence-electron chi connectivity index (χ0n) is 18.0. The van der Waals surface area contributed by atoms with Gasteiger partial charge in [0.25, 0.3) is 0 Å². The highest BCUT2D eigenvalue weighted by molar-refractivity contribution is 7.92. The van der Waals surface area contributed by atoms with E-state index >= 15 is 0 Å². The second-order valence-corrected chi connectivity index (χ2v) is 11.3. The van der Waals surface area contributed by atoms with Gasteiger partial charge >= 0.3 is 6.18 Å². The van der Waals surface area contributed by atoms with Gasteiger partial charge in [0.15, 0.2) is 16.0 Å². The van der Waals surface area contributed by atoms with Crippen molar-refractivity contribution in [3.63, 3.8) is 0 Å². The highest BCUT2D eigenvalue weighted by atomic mass is 32.2. The van der Waals surface area contributed by atoms with Crippen molar-refractivity contribution in [3.8, 4) is 0 Å². The van der Waals surface area contributed by atoms with Crippen LogP contribution in [0.4, 0.5) is 18.9 Å². The molecule has 1 aliphatic rings. The summed E-state index contributed by atoms with van der Waals surface area (Å²) in [6.07, 6.45) is -1.44. The number of aromatic nitrogens is 1. The van der Waals surface area contributed by atoms with Crippen molar-refractivity contribution in [3.05, 3.63) is 66.4 Å². The zero-order valence-corrected chi connectivity index (χ0v) is 18.8. The molecule has 4 nitrogen and oxygen atoms in total. The van der Waals surface area contributed by atoms with E-state index in [-0.39, 0.29) is 10.8 Å². The molecule has 1 aliphatic heterocycles. The standard InChI is InChI=1S/C24H25F3N2O2S/c1-23(2,32(30,31)20-9-4-8-19(16-20)24(25,26)27)18-11-14-29(15-12-18)21-10-3-6-17-7-5-13-28-22(17)21/h3-10,13,16,18H,11-12,14-15H2,1-2H3/p+1. The van der Waals surface area contributed by atoms with E-state index in [9.17, 15) is 21.6 Å². The summed E-state index contributed by atoms with van der Waals surface area (Å²) in [5.74, 6) is -0.169. The average molecular weight is 464 g/mol. The molecule has 170 valence electrons. The van der Waals surface area contributed by atoms with E-state index in [1.807, 2.05) is 36.5 Å². The van der Waals surface area contributed by atoms with Gasteiger partial charge in [0, 0.05) is 24.5 Å². The molecule has 0 spiro atoms. The molecule has 2 heterocycles. The molecule has 0 amide bonds. The maximum absolute atomic E-state index is 13.4. The van der Waals surface area contributed by atoms with Crippen molar-refractivity contribution in [2.45, 2.75) is 42.5 Å². The van der Waals surface area contributed by atoms with Crippen LogP contribution in [0.1, 0.15) is 32.3 Å². The summed E-state index contributed by atoms with van der Waals surface area (Å²) in [5.41, 5.74) is 1.15. The van der Waals surface area contributed by atoms with E-state index in [1.54, 1.807) is 13.8 Å². The molecular weight excluding hydrogens is 437 g/mol. The summed E-state index contributed by atoms with van der Waals surface area (Å²) in [6, 6.07) is 14.1. The number of piperidine rings is 1. The van der Waals surface area contributed by atoms with E-state index < -0.39 is 26.3 Å². The fourth-order valence-electron chi connectivity index (χ4n) is 4.58. The van der Waals surface area contributed by atoms with Gasteiger partial charge in [-0.15, -0.1) is 0 Å². The Hall–Kier alpha value is -2.61. The number of aromatic amines is 1. The van der Waals surface area contributed by atoms with Crippen LogP contribution in [-0.2, 0) is 16.0 Å². The van der Waals surface area contributed by atoms with E-state index in [2.05, 4.69) is 9.88 Å². The third-order valence-corrected chi connectivity index (χ3v) is 9.25. The van der Waals surface area contributed by atoms with Crippen LogP contribution in [0.25, 0.3) is 10.9 Å². The van der Waals surface area contributed by atoms with E-state index in [0.717, 1.165) is 34.8 Å². The van der Waals surface area contributed by atoms with Crippen LogP contribution in [0.15, 0.2) is 65.7 Å². The molecule has 8 heteroatoms. The number of sulfone groups is 1. The van der Waals surface area contributed by atoms with E-state index in [4.69, 9.17) is 0 Å². The van der Waals surface area contributed by atoms with Crippen LogP contribution < -0.4 is 9.88 Å². The van der Waals surface area contributed by atoms with Gasteiger partial charge < -0.3 is 4.90 Å². The number of nitrogens with zero attached hydrogens (tertiary/aromatic N) is 1. The van der Waals surface area contributed by atoms with Crippen LogP contribution in [0.5, 0.6) is 0 Å². The van der Waals surface area contributed by atoms with Gasteiger partial charge in [0.1, 0.15) is 5.69 Å². The summed E-state index contributed by atoms with van der Waals surface area (Å²) in [6.45, 7) is 4.62. The van der Waals surface area contributed by atoms with Gasteiger partial charge in [0.2, 0.25) is 5.52 Å². The van der Waals surface area contributed by atoms with Gasteiger partial charge in [-0.25, -0.2) is 13.4 Å². The Kier molecular flexibility index (Phi) is 5.69. The Bertz CT molecular complexity index is 1230. The number of benzene rings is 2. The van der Waals surface area contributed by atoms with Gasteiger partial charge in [0.05, 0.1) is 15.2 Å². The predicted octanol–water partition coefficient (Wildman–Crippen LogP) is 5.14. The summed E-state index contributed by atoms with van der Waals surface area (Å²) < 4.78 is 64.9. The van der Waals surface area contributed by atoms with Gasteiger partial charge in [-0.1, -0.05) is 12.1 Å². The monoisotopic (exact) mass is 463 g/mol. The number of para-hydroxylation sites is 1. The Balaban J connectivity index is 1.56. The first kappa shape index (κ1) is 22.6. The molecule has 1 N–H and O–H groups in total. The second-order valence-electron chi connectivity index (χ2n) is 8.81. The van der Waals surface area contributed by atoms with E-state index in [1.165, 1.54) is 6.07 Å². The fraction of sp³-hybridized carbons (Fsp3) is 0.375. The number of fused-ring (bicyclic) bond motifs is 1.